The Morgan fingerprint density at radius 1 is 1.12 bits per heavy atom. The van der Waals surface area contributed by atoms with Crippen molar-refractivity contribution < 1.29 is 45.8 Å². The Balaban J connectivity index is 1.74. The Morgan fingerprint density at radius 2 is 1.81 bits per heavy atom. The van der Waals surface area contributed by atoms with Gasteiger partial charge in [-0.15, -0.1) is 0 Å². The van der Waals surface area contributed by atoms with E-state index in [1.165, 1.54) is 6.20 Å². The molecule has 2 aromatic heterocycles. The summed E-state index contributed by atoms with van der Waals surface area (Å²) in [6.07, 6.45) is -6.01. The van der Waals surface area contributed by atoms with E-state index in [2.05, 4.69) is 25.9 Å². The highest BCUT2D eigenvalue weighted by Gasteiger charge is 2.32. The number of rotatable bonds is 9. The number of nitrogens with two attached hydrogens (primary N) is 1. The molecule has 4 rings (SSSR count). The van der Waals surface area contributed by atoms with E-state index in [4.69, 9.17) is 14.9 Å². The number of aromatic nitrogens is 2. The van der Waals surface area contributed by atoms with Crippen LogP contribution < -0.4 is 10.5 Å². The summed E-state index contributed by atoms with van der Waals surface area (Å²) >= 11 is 3.15. The second-order valence-corrected chi connectivity index (χ2v) is 9.65. The Labute approximate surface area is 242 Å². The number of aryl methyl sites for hydroxylation is 1. The smallest absolute Gasteiger partial charge is 0.416 e. The van der Waals surface area contributed by atoms with Gasteiger partial charge in [-0.05, 0) is 58.7 Å². The first-order chi connectivity index (χ1) is 19.7. The van der Waals surface area contributed by atoms with Gasteiger partial charge in [0.15, 0.2) is 22.3 Å². The molecule has 0 aliphatic carbocycles. The molecule has 2 amide bonds. The van der Waals surface area contributed by atoms with Crippen molar-refractivity contribution in [2.45, 2.75) is 25.7 Å². The molecular formula is C27H20BrF5N4O5. The average Bonchev–Trinajstić information content (AvgIpc) is 3.31. The summed E-state index contributed by atoms with van der Waals surface area (Å²) in [4.78, 5) is 33.1. The first-order valence-electron chi connectivity index (χ1n) is 11.9. The van der Waals surface area contributed by atoms with Crippen molar-refractivity contribution in [3.05, 3.63) is 99.3 Å². The maximum Gasteiger partial charge on any atom is 0.416 e. The molecule has 0 radical (unpaired) electrons. The van der Waals surface area contributed by atoms with Gasteiger partial charge in [0.05, 0.1) is 18.7 Å². The summed E-state index contributed by atoms with van der Waals surface area (Å²) in [7, 11) is 0. The van der Waals surface area contributed by atoms with Crippen molar-refractivity contribution in [2.24, 2.45) is 5.73 Å². The van der Waals surface area contributed by atoms with Crippen LogP contribution in [0, 0.1) is 18.6 Å². The monoisotopic (exact) mass is 654 g/mol. The number of hydrogen-bond acceptors (Lipinski definition) is 6. The average molecular weight is 655 g/mol. The highest BCUT2D eigenvalue weighted by molar-refractivity contribution is 9.10. The lowest BCUT2D eigenvalue weighted by Gasteiger charge is -2.25. The number of amides is 2. The standard InChI is InChI=1S/C27H20BrF5N4O5/c1-13-2-3-14(10-35-13)11-37(26(39)40)12-19(41-18-9-8-17(29)20(21(18)30)24(34)38)25-36-22(23(28)42-25)15-4-6-16(7-5-15)27(31,32)33/h2-10,19H,11-12H2,1H3,(H2,34,38)(H,39,40). The number of oxazole rings is 1. The fourth-order valence-corrected chi connectivity index (χ4v) is 4.33. The zero-order valence-corrected chi connectivity index (χ0v) is 23.0. The molecule has 9 nitrogen and oxygen atoms in total. The third kappa shape index (κ3) is 6.84. The van der Waals surface area contributed by atoms with Gasteiger partial charge in [0.2, 0.25) is 5.89 Å². The Bertz CT molecular complexity index is 1610. The number of ether oxygens (including phenoxy) is 1. The number of halogens is 6. The third-order valence-corrected chi connectivity index (χ3v) is 6.47. The number of benzene rings is 2. The van der Waals surface area contributed by atoms with Gasteiger partial charge in [0.1, 0.15) is 17.1 Å². The van der Waals surface area contributed by atoms with Crippen molar-refractivity contribution in [1.82, 2.24) is 14.9 Å². The predicted octanol–water partition coefficient (Wildman–Crippen LogP) is 6.50. The predicted molar refractivity (Wildman–Crippen MR) is 140 cm³/mol. The van der Waals surface area contributed by atoms with Crippen molar-refractivity contribution in [2.75, 3.05) is 6.54 Å². The minimum absolute atomic E-state index is 0.0364. The highest BCUT2D eigenvalue weighted by atomic mass is 79.9. The van der Waals surface area contributed by atoms with Gasteiger partial charge >= 0.3 is 12.3 Å². The van der Waals surface area contributed by atoms with Gasteiger partial charge in [-0.25, -0.2) is 18.6 Å². The van der Waals surface area contributed by atoms with E-state index in [0.29, 0.717) is 11.3 Å². The number of primary amides is 1. The lowest BCUT2D eigenvalue weighted by atomic mass is 10.1. The maximum atomic E-state index is 15.1. The molecule has 0 fully saturated rings. The Hall–Kier alpha value is -4.53. The van der Waals surface area contributed by atoms with Crippen LogP contribution in [0.1, 0.15) is 39.2 Å². The topological polar surface area (TPSA) is 132 Å². The normalized spacial score (nSPS) is 12.2. The van der Waals surface area contributed by atoms with Crippen LogP contribution in [0.25, 0.3) is 11.3 Å². The van der Waals surface area contributed by atoms with Crippen LogP contribution in [-0.4, -0.2) is 38.5 Å². The second kappa shape index (κ2) is 12.1. The van der Waals surface area contributed by atoms with Crippen molar-refractivity contribution in [1.29, 1.82) is 0 Å². The largest absolute Gasteiger partial charge is 0.476 e. The molecule has 1 atom stereocenters. The molecule has 1 unspecified atom stereocenters. The summed E-state index contributed by atoms with van der Waals surface area (Å²) in [5.41, 5.74) is 4.56. The summed E-state index contributed by atoms with van der Waals surface area (Å²) < 4.78 is 79.5. The molecular weight excluding hydrogens is 635 g/mol. The van der Waals surface area contributed by atoms with Crippen LogP contribution in [0.5, 0.6) is 5.75 Å². The minimum atomic E-state index is -4.57. The molecule has 0 aliphatic rings. The summed E-state index contributed by atoms with van der Waals surface area (Å²) in [5.74, 6) is -5.07. The molecule has 0 saturated carbocycles. The molecule has 2 heterocycles. The zero-order chi connectivity index (χ0) is 30.8. The van der Waals surface area contributed by atoms with E-state index in [9.17, 15) is 32.3 Å². The Morgan fingerprint density at radius 3 is 2.38 bits per heavy atom. The second-order valence-electron chi connectivity index (χ2n) is 8.93. The molecule has 42 heavy (non-hydrogen) atoms. The van der Waals surface area contributed by atoms with E-state index < -0.39 is 59.3 Å². The van der Waals surface area contributed by atoms with Gasteiger partial charge in [-0.1, -0.05) is 18.2 Å². The van der Waals surface area contributed by atoms with Gasteiger partial charge in [0, 0.05) is 17.5 Å². The quantitative estimate of drug-likeness (QED) is 0.197. The summed E-state index contributed by atoms with van der Waals surface area (Å²) in [6, 6.07) is 8.91. The molecule has 0 saturated heterocycles. The van der Waals surface area contributed by atoms with Crippen LogP contribution in [0.15, 0.2) is 63.8 Å². The summed E-state index contributed by atoms with van der Waals surface area (Å²) in [5, 5.41) is 9.90. The molecule has 15 heteroatoms. The highest BCUT2D eigenvalue weighted by Crippen LogP contribution is 2.36. The van der Waals surface area contributed by atoms with Gasteiger partial charge in [-0.2, -0.15) is 13.2 Å². The number of alkyl halides is 3. The van der Waals surface area contributed by atoms with Crippen LogP contribution in [0.2, 0.25) is 0 Å². The number of pyridine rings is 1. The lowest BCUT2D eigenvalue weighted by molar-refractivity contribution is -0.137. The van der Waals surface area contributed by atoms with Crippen LogP contribution in [0.4, 0.5) is 26.7 Å². The lowest BCUT2D eigenvalue weighted by Crippen LogP contribution is -2.35. The fraction of sp³-hybridized carbons (Fsp3) is 0.185. The van der Waals surface area contributed by atoms with Crippen LogP contribution >= 0.6 is 15.9 Å². The first kappa shape index (κ1) is 30.4. The van der Waals surface area contributed by atoms with E-state index in [0.717, 1.165) is 41.3 Å². The maximum absolute atomic E-state index is 15.1. The van der Waals surface area contributed by atoms with E-state index in [1.807, 2.05) is 0 Å². The number of hydrogen-bond donors (Lipinski definition) is 2. The number of nitrogens with zero attached hydrogens (tertiary/aromatic N) is 3. The van der Waals surface area contributed by atoms with E-state index in [-0.39, 0.29) is 28.4 Å². The number of carbonyl (C=O) groups excluding carboxylic acids is 1. The molecule has 0 aliphatic heterocycles. The van der Waals surface area contributed by atoms with Crippen molar-refractivity contribution >= 4 is 27.9 Å². The van der Waals surface area contributed by atoms with Crippen molar-refractivity contribution in [3.8, 4) is 17.0 Å². The third-order valence-electron chi connectivity index (χ3n) is 5.94. The SMILES string of the molecule is Cc1ccc(CN(CC(Oc2ccc(F)c(C(N)=O)c2F)c2nc(-c3ccc(C(F)(F)F)cc3)c(Br)o2)C(=O)O)cn1. The fourth-order valence-electron chi connectivity index (χ4n) is 3.84. The van der Waals surface area contributed by atoms with Crippen LogP contribution in [-0.2, 0) is 12.7 Å². The van der Waals surface area contributed by atoms with Crippen molar-refractivity contribution in [3.63, 3.8) is 0 Å². The number of carbonyl (C=O) groups is 2. The van der Waals surface area contributed by atoms with E-state index in [1.54, 1.807) is 19.1 Å². The molecule has 2 aromatic carbocycles. The molecule has 4 aromatic rings. The van der Waals surface area contributed by atoms with Gasteiger partial charge in [-0.3, -0.25) is 14.7 Å². The van der Waals surface area contributed by atoms with Crippen LogP contribution in [0.3, 0.4) is 0 Å². The Kier molecular flexibility index (Phi) is 8.80. The summed E-state index contributed by atoms with van der Waals surface area (Å²) in [6.45, 7) is 1.04. The van der Waals surface area contributed by atoms with E-state index >= 15 is 4.39 Å². The molecule has 3 N–H and O–H groups in total. The molecule has 0 bridgehead atoms. The molecule has 0 spiro atoms. The molecule has 220 valence electrons. The zero-order valence-electron chi connectivity index (χ0n) is 21.5. The number of carboxylic acid groups (broad SMARTS) is 1. The van der Waals surface area contributed by atoms with Gasteiger partial charge in [0.25, 0.3) is 5.91 Å². The van der Waals surface area contributed by atoms with Gasteiger partial charge < -0.3 is 20.0 Å². The first-order valence-corrected chi connectivity index (χ1v) is 12.7. The minimum Gasteiger partial charge on any atom is -0.476 e.